The van der Waals surface area contributed by atoms with Gasteiger partial charge in [-0.25, -0.2) is 4.39 Å². The minimum absolute atomic E-state index is 0.145. The number of rotatable bonds is 3. The SMILES string of the molecule is O=c1scc(-c2cccc(F)c2)n1Cc1nnsc1Cl. The zero-order chi connectivity index (χ0) is 14.1. The molecule has 20 heavy (non-hydrogen) atoms. The predicted molar refractivity (Wildman–Crippen MR) is 78.0 cm³/mol. The molecule has 2 aromatic heterocycles. The third-order valence-corrected chi connectivity index (χ3v) is 4.47. The van der Waals surface area contributed by atoms with Crippen LogP contribution >= 0.6 is 34.5 Å². The van der Waals surface area contributed by atoms with Crippen LogP contribution in [0.3, 0.4) is 0 Å². The molecule has 1 aromatic carbocycles. The van der Waals surface area contributed by atoms with Crippen LogP contribution in [0.2, 0.25) is 4.34 Å². The van der Waals surface area contributed by atoms with Gasteiger partial charge in [0.05, 0.1) is 12.2 Å². The van der Waals surface area contributed by atoms with Crippen molar-refractivity contribution in [2.24, 2.45) is 0 Å². The van der Waals surface area contributed by atoms with Gasteiger partial charge >= 0.3 is 4.87 Å². The molecule has 0 amide bonds. The van der Waals surface area contributed by atoms with Crippen LogP contribution in [0.15, 0.2) is 34.4 Å². The van der Waals surface area contributed by atoms with Crippen LogP contribution in [0, 0.1) is 5.82 Å². The Labute approximate surface area is 126 Å². The molecule has 8 heteroatoms. The lowest BCUT2D eigenvalue weighted by molar-refractivity contribution is 0.628. The molecule has 102 valence electrons. The third-order valence-electron chi connectivity index (χ3n) is 2.72. The standard InChI is InChI=1S/C12H7ClFN3OS2/c13-11-9(15-16-20-11)5-17-10(6-19-12(17)18)7-2-1-3-8(14)4-7/h1-4,6H,5H2. The van der Waals surface area contributed by atoms with E-state index in [9.17, 15) is 9.18 Å². The largest absolute Gasteiger partial charge is 0.307 e. The molecule has 0 saturated heterocycles. The van der Waals surface area contributed by atoms with Gasteiger partial charge in [-0.05, 0) is 12.1 Å². The van der Waals surface area contributed by atoms with Crippen LogP contribution in [-0.4, -0.2) is 14.2 Å². The number of nitrogens with zero attached hydrogens (tertiary/aromatic N) is 3. The Morgan fingerprint density at radius 2 is 2.25 bits per heavy atom. The Hall–Kier alpha value is -1.57. The number of halogens is 2. The molecule has 0 bridgehead atoms. The van der Waals surface area contributed by atoms with E-state index in [0.29, 0.717) is 21.3 Å². The summed E-state index contributed by atoms with van der Waals surface area (Å²) in [4.78, 5) is 11.8. The second-order valence-corrected chi connectivity index (χ2v) is 6.15. The first kappa shape index (κ1) is 13.4. The Balaban J connectivity index is 2.06. The van der Waals surface area contributed by atoms with Crippen molar-refractivity contribution < 1.29 is 4.39 Å². The fourth-order valence-corrected chi connectivity index (χ4v) is 3.17. The van der Waals surface area contributed by atoms with E-state index in [0.717, 1.165) is 22.9 Å². The van der Waals surface area contributed by atoms with Gasteiger partial charge < -0.3 is 0 Å². The van der Waals surface area contributed by atoms with Gasteiger partial charge in [0.15, 0.2) is 0 Å². The molecule has 0 aliphatic heterocycles. The van der Waals surface area contributed by atoms with Crippen LogP contribution in [0.25, 0.3) is 11.3 Å². The molecule has 0 unspecified atom stereocenters. The zero-order valence-corrected chi connectivity index (χ0v) is 12.3. The number of thiazole rings is 1. The maximum Gasteiger partial charge on any atom is 0.307 e. The van der Waals surface area contributed by atoms with E-state index in [1.54, 1.807) is 17.5 Å². The zero-order valence-electron chi connectivity index (χ0n) is 9.92. The molecular weight excluding hydrogens is 321 g/mol. The molecule has 2 heterocycles. The highest BCUT2D eigenvalue weighted by molar-refractivity contribution is 7.10. The summed E-state index contributed by atoms with van der Waals surface area (Å²) in [5.74, 6) is -0.346. The van der Waals surface area contributed by atoms with E-state index in [1.807, 2.05) is 0 Å². The minimum Gasteiger partial charge on any atom is -0.293 e. The summed E-state index contributed by atoms with van der Waals surface area (Å²) in [5, 5.41) is 5.59. The fraction of sp³-hybridized carbons (Fsp3) is 0.0833. The molecule has 0 aliphatic rings. The van der Waals surface area contributed by atoms with Crippen LogP contribution in [-0.2, 0) is 6.54 Å². The molecule has 0 saturated carbocycles. The average molecular weight is 328 g/mol. The van der Waals surface area contributed by atoms with Gasteiger partial charge in [-0.1, -0.05) is 39.6 Å². The highest BCUT2D eigenvalue weighted by Gasteiger charge is 2.13. The number of hydrogen-bond acceptors (Lipinski definition) is 5. The van der Waals surface area contributed by atoms with Crippen LogP contribution in [0.5, 0.6) is 0 Å². The van der Waals surface area contributed by atoms with Gasteiger partial charge in [-0.3, -0.25) is 9.36 Å². The Bertz CT molecular complexity index is 811. The molecule has 0 spiro atoms. The van der Waals surface area contributed by atoms with Crippen molar-refractivity contribution in [3.8, 4) is 11.3 Å². The Kier molecular flexibility index (Phi) is 3.64. The highest BCUT2D eigenvalue weighted by atomic mass is 35.5. The van der Waals surface area contributed by atoms with E-state index in [1.165, 1.54) is 16.7 Å². The van der Waals surface area contributed by atoms with Crippen LogP contribution < -0.4 is 4.87 Å². The van der Waals surface area contributed by atoms with E-state index < -0.39 is 0 Å². The molecular formula is C12H7ClFN3OS2. The second-order valence-electron chi connectivity index (χ2n) is 3.98. The smallest absolute Gasteiger partial charge is 0.293 e. The molecule has 0 fully saturated rings. The molecule has 0 radical (unpaired) electrons. The van der Waals surface area contributed by atoms with Crippen molar-refractivity contribution in [1.82, 2.24) is 14.2 Å². The molecule has 0 atom stereocenters. The minimum atomic E-state index is -0.346. The maximum atomic E-state index is 13.3. The Morgan fingerprint density at radius 1 is 1.40 bits per heavy atom. The van der Waals surface area contributed by atoms with Gasteiger partial charge in [0.25, 0.3) is 0 Å². The van der Waals surface area contributed by atoms with Crippen LogP contribution in [0.1, 0.15) is 5.69 Å². The van der Waals surface area contributed by atoms with Crippen molar-refractivity contribution in [2.45, 2.75) is 6.54 Å². The predicted octanol–water partition coefficient (Wildman–Crippen LogP) is 3.27. The van der Waals surface area contributed by atoms with Crippen molar-refractivity contribution in [3.63, 3.8) is 0 Å². The summed E-state index contributed by atoms with van der Waals surface area (Å²) in [5.41, 5.74) is 1.82. The molecule has 3 aromatic rings. The number of aromatic nitrogens is 3. The summed E-state index contributed by atoms with van der Waals surface area (Å²) in [6, 6.07) is 6.11. The highest BCUT2D eigenvalue weighted by Crippen LogP contribution is 2.24. The first-order chi connectivity index (χ1) is 9.65. The van der Waals surface area contributed by atoms with Crippen molar-refractivity contribution in [1.29, 1.82) is 0 Å². The normalized spacial score (nSPS) is 10.9. The van der Waals surface area contributed by atoms with Gasteiger partial charge in [-0.2, -0.15) is 0 Å². The average Bonchev–Trinajstić information content (AvgIpc) is 2.98. The lowest BCUT2D eigenvalue weighted by Gasteiger charge is -2.06. The molecule has 3 rings (SSSR count). The summed E-state index contributed by atoms with van der Waals surface area (Å²) in [7, 11) is 0. The van der Waals surface area contributed by atoms with Crippen LogP contribution in [0.4, 0.5) is 4.39 Å². The number of hydrogen-bond donors (Lipinski definition) is 0. The van der Waals surface area contributed by atoms with E-state index in [-0.39, 0.29) is 17.2 Å². The molecule has 4 nitrogen and oxygen atoms in total. The first-order valence-corrected chi connectivity index (χ1v) is 7.59. The summed E-state index contributed by atoms with van der Waals surface area (Å²) in [6.45, 7) is 0.226. The lowest BCUT2D eigenvalue weighted by atomic mass is 10.1. The fourth-order valence-electron chi connectivity index (χ4n) is 1.79. The van der Waals surface area contributed by atoms with E-state index in [2.05, 4.69) is 9.59 Å². The van der Waals surface area contributed by atoms with Gasteiger partial charge in [-0.15, -0.1) is 5.10 Å². The van der Waals surface area contributed by atoms with Gasteiger partial charge in [0.2, 0.25) is 0 Å². The van der Waals surface area contributed by atoms with Crippen molar-refractivity contribution in [3.05, 3.63) is 55.2 Å². The molecule has 0 aliphatic carbocycles. The van der Waals surface area contributed by atoms with Crippen molar-refractivity contribution >= 4 is 34.5 Å². The van der Waals surface area contributed by atoms with Gasteiger partial charge in [0.1, 0.15) is 15.8 Å². The van der Waals surface area contributed by atoms with Gasteiger partial charge in [0, 0.05) is 22.5 Å². The summed E-state index contributed by atoms with van der Waals surface area (Å²) in [6.07, 6.45) is 0. The quantitative estimate of drug-likeness (QED) is 0.741. The van der Waals surface area contributed by atoms with E-state index in [4.69, 9.17) is 11.6 Å². The van der Waals surface area contributed by atoms with E-state index >= 15 is 0 Å². The second kappa shape index (κ2) is 5.43. The third kappa shape index (κ3) is 2.52. The summed E-state index contributed by atoms with van der Waals surface area (Å²) < 4.78 is 19.0. The number of benzene rings is 1. The monoisotopic (exact) mass is 327 g/mol. The maximum absolute atomic E-state index is 13.3. The lowest BCUT2D eigenvalue weighted by Crippen LogP contribution is -2.15. The first-order valence-electron chi connectivity index (χ1n) is 5.56. The molecule has 0 N–H and O–H groups in total. The Morgan fingerprint density at radius 3 is 2.95 bits per heavy atom. The summed E-state index contributed by atoms with van der Waals surface area (Å²) >= 11 is 8.08. The topological polar surface area (TPSA) is 47.8 Å². The van der Waals surface area contributed by atoms with Crippen molar-refractivity contribution in [2.75, 3.05) is 0 Å².